The van der Waals surface area contributed by atoms with Crippen LogP contribution in [0.1, 0.15) is 6.92 Å². The molecule has 2 nitrogen and oxygen atoms in total. The van der Waals surface area contributed by atoms with E-state index < -0.39 is 5.97 Å². The highest BCUT2D eigenvalue weighted by Crippen LogP contribution is 1.99. The van der Waals surface area contributed by atoms with Crippen LogP contribution in [-0.2, 0) is 9.53 Å². The summed E-state index contributed by atoms with van der Waals surface area (Å²) in [6.45, 7) is 12.2. The van der Waals surface area contributed by atoms with Gasteiger partial charge in [0, 0.05) is 6.08 Å². The van der Waals surface area contributed by atoms with Crippen LogP contribution in [0.4, 0.5) is 0 Å². The molecule has 0 unspecified atom stereocenters. The molecule has 0 fully saturated rings. The fraction of sp³-hybridized carbons (Fsp3) is 0.100. The van der Waals surface area contributed by atoms with Gasteiger partial charge >= 0.3 is 5.97 Å². The minimum Gasteiger partial charge on any atom is -0.424 e. The lowest BCUT2D eigenvalue weighted by Gasteiger charge is -1.98. The van der Waals surface area contributed by atoms with Crippen LogP contribution in [0.5, 0.6) is 0 Å². The Labute approximate surface area is 72.5 Å². The first-order valence-corrected chi connectivity index (χ1v) is 3.43. The molecule has 0 amide bonds. The largest absolute Gasteiger partial charge is 0.424 e. The van der Waals surface area contributed by atoms with E-state index in [1.807, 2.05) is 6.92 Å². The third-order valence-corrected chi connectivity index (χ3v) is 0.952. The Morgan fingerprint density at radius 1 is 1.33 bits per heavy atom. The average molecular weight is 164 g/mol. The van der Waals surface area contributed by atoms with Crippen molar-refractivity contribution >= 4 is 5.97 Å². The van der Waals surface area contributed by atoms with Crippen molar-refractivity contribution in [2.45, 2.75) is 6.92 Å². The summed E-state index contributed by atoms with van der Waals surface area (Å²) >= 11 is 0. The number of hydrogen-bond acceptors (Lipinski definition) is 2. The van der Waals surface area contributed by atoms with Gasteiger partial charge < -0.3 is 4.74 Å². The molecular weight excluding hydrogens is 152 g/mol. The fourth-order valence-corrected chi connectivity index (χ4v) is 0.440. The summed E-state index contributed by atoms with van der Waals surface area (Å²) in [5, 5.41) is 0. The highest BCUT2D eigenvalue weighted by atomic mass is 16.5. The molecule has 0 aromatic carbocycles. The first-order valence-electron chi connectivity index (χ1n) is 3.43. The number of allylic oxidation sites excluding steroid dienone is 3. The van der Waals surface area contributed by atoms with E-state index in [0.29, 0.717) is 0 Å². The van der Waals surface area contributed by atoms with Gasteiger partial charge in [-0.15, -0.1) is 0 Å². The van der Waals surface area contributed by atoms with Gasteiger partial charge in [-0.25, -0.2) is 4.79 Å². The van der Waals surface area contributed by atoms with E-state index in [1.165, 1.54) is 0 Å². The summed E-state index contributed by atoms with van der Waals surface area (Å²) in [4.78, 5) is 10.6. The Kier molecular flexibility index (Phi) is 4.46. The topological polar surface area (TPSA) is 26.3 Å². The third kappa shape index (κ3) is 5.23. The molecule has 0 spiro atoms. The van der Waals surface area contributed by atoms with Crippen LogP contribution in [-0.4, -0.2) is 5.97 Å². The Balaban J connectivity index is 3.98. The van der Waals surface area contributed by atoms with Crippen molar-refractivity contribution in [1.29, 1.82) is 0 Å². The van der Waals surface area contributed by atoms with Gasteiger partial charge in [0.25, 0.3) is 0 Å². The van der Waals surface area contributed by atoms with Crippen LogP contribution in [0, 0.1) is 0 Å². The van der Waals surface area contributed by atoms with E-state index >= 15 is 0 Å². The Hall–Kier alpha value is -1.57. The monoisotopic (exact) mass is 164 g/mol. The lowest BCUT2D eigenvalue weighted by Crippen LogP contribution is -1.96. The van der Waals surface area contributed by atoms with Gasteiger partial charge in [-0.2, -0.15) is 0 Å². The first kappa shape index (κ1) is 10.4. The predicted octanol–water partition coefficient (Wildman–Crippen LogP) is 2.36. The summed E-state index contributed by atoms with van der Waals surface area (Å²) in [6.07, 6.45) is 4.36. The van der Waals surface area contributed by atoms with E-state index in [-0.39, 0.29) is 5.76 Å². The van der Waals surface area contributed by atoms with Gasteiger partial charge in [-0.05, 0) is 13.0 Å². The first-order chi connectivity index (χ1) is 5.56. The average Bonchev–Trinajstić information content (AvgIpc) is 2.00. The number of ether oxygens (including phenoxy) is 1. The molecule has 0 heterocycles. The van der Waals surface area contributed by atoms with Gasteiger partial charge in [0.15, 0.2) is 0 Å². The number of rotatable bonds is 4. The van der Waals surface area contributed by atoms with Crippen LogP contribution < -0.4 is 0 Å². The quantitative estimate of drug-likeness (QED) is 0.276. The van der Waals surface area contributed by atoms with Crippen molar-refractivity contribution < 1.29 is 9.53 Å². The molecule has 0 aliphatic rings. The molecule has 0 aliphatic heterocycles. The maximum absolute atomic E-state index is 10.6. The van der Waals surface area contributed by atoms with Crippen molar-refractivity contribution in [1.82, 2.24) is 0 Å². The lowest BCUT2D eigenvalue weighted by molar-refractivity contribution is -0.133. The molecule has 0 N–H and O–H groups in total. The molecule has 0 rings (SSSR count). The summed E-state index contributed by atoms with van der Waals surface area (Å²) < 4.78 is 4.67. The molecule has 0 atom stereocenters. The van der Waals surface area contributed by atoms with Crippen LogP contribution in [0.3, 0.4) is 0 Å². The van der Waals surface area contributed by atoms with Crippen LogP contribution >= 0.6 is 0 Å². The molecule has 2 heteroatoms. The lowest BCUT2D eigenvalue weighted by atomic mass is 10.3. The zero-order valence-electron chi connectivity index (χ0n) is 7.17. The minimum atomic E-state index is -0.508. The molecule has 0 saturated heterocycles. The van der Waals surface area contributed by atoms with Crippen molar-refractivity contribution in [2.24, 2.45) is 0 Å². The van der Waals surface area contributed by atoms with E-state index in [2.05, 4.69) is 24.5 Å². The Morgan fingerprint density at radius 3 is 2.33 bits per heavy atom. The second kappa shape index (κ2) is 5.13. The van der Waals surface area contributed by atoms with Gasteiger partial charge in [-0.3, -0.25) is 0 Å². The standard InChI is InChI=1S/C10H12O2/c1-5-10(11)12-9(4)7-6-8(2)3/h5-7H,1-2,4H2,3H3/b7-6-. The van der Waals surface area contributed by atoms with Gasteiger partial charge in [0.1, 0.15) is 5.76 Å². The number of carbonyl (C=O) groups is 1. The predicted molar refractivity (Wildman–Crippen MR) is 49.4 cm³/mol. The maximum atomic E-state index is 10.6. The van der Waals surface area contributed by atoms with Gasteiger partial charge in [0.05, 0.1) is 0 Å². The highest BCUT2D eigenvalue weighted by molar-refractivity contribution is 5.82. The van der Waals surface area contributed by atoms with Gasteiger partial charge in [0.2, 0.25) is 0 Å². The molecular formula is C10H12O2. The molecule has 0 radical (unpaired) electrons. The van der Waals surface area contributed by atoms with Gasteiger partial charge in [-0.1, -0.05) is 31.4 Å². The second-order valence-corrected chi connectivity index (χ2v) is 2.27. The zero-order valence-corrected chi connectivity index (χ0v) is 7.17. The zero-order chi connectivity index (χ0) is 9.56. The Bertz CT molecular complexity index is 247. The molecule has 12 heavy (non-hydrogen) atoms. The van der Waals surface area contributed by atoms with Crippen molar-refractivity contribution in [3.05, 3.63) is 49.3 Å². The fourth-order valence-electron chi connectivity index (χ4n) is 0.440. The van der Waals surface area contributed by atoms with E-state index in [9.17, 15) is 4.79 Å². The molecule has 0 saturated carbocycles. The molecule has 0 bridgehead atoms. The Morgan fingerprint density at radius 2 is 1.92 bits per heavy atom. The second-order valence-electron chi connectivity index (χ2n) is 2.27. The van der Waals surface area contributed by atoms with Crippen LogP contribution in [0.25, 0.3) is 0 Å². The van der Waals surface area contributed by atoms with Crippen molar-refractivity contribution in [3.8, 4) is 0 Å². The highest BCUT2D eigenvalue weighted by Gasteiger charge is 1.95. The molecule has 0 aromatic heterocycles. The SMILES string of the molecule is C=CC(=O)OC(=C)/C=C\C(=C)C. The van der Waals surface area contributed by atoms with Crippen molar-refractivity contribution in [3.63, 3.8) is 0 Å². The van der Waals surface area contributed by atoms with E-state index in [4.69, 9.17) is 0 Å². The number of hydrogen-bond donors (Lipinski definition) is 0. The summed E-state index contributed by atoms with van der Waals surface area (Å²) in [5.41, 5.74) is 0.866. The molecule has 0 aromatic rings. The smallest absolute Gasteiger partial charge is 0.335 e. The number of carbonyl (C=O) groups excluding carboxylic acids is 1. The normalized spacial score (nSPS) is 9.42. The van der Waals surface area contributed by atoms with E-state index in [0.717, 1.165) is 11.6 Å². The third-order valence-electron chi connectivity index (χ3n) is 0.952. The van der Waals surface area contributed by atoms with Crippen LogP contribution in [0.15, 0.2) is 49.3 Å². The summed E-state index contributed by atoms with van der Waals surface area (Å²) in [7, 11) is 0. The van der Waals surface area contributed by atoms with Crippen molar-refractivity contribution in [2.75, 3.05) is 0 Å². The summed E-state index contributed by atoms with van der Waals surface area (Å²) in [5.74, 6) is -0.228. The minimum absolute atomic E-state index is 0.280. The molecule has 0 aliphatic carbocycles. The van der Waals surface area contributed by atoms with E-state index in [1.54, 1.807) is 12.2 Å². The maximum Gasteiger partial charge on any atom is 0.335 e. The molecule has 64 valence electrons. The summed E-state index contributed by atoms with van der Waals surface area (Å²) in [6, 6.07) is 0. The van der Waals surface area contributed by atoms with Crippen LogP contribution in [0.2, 0.25) is 0 Å². The number of esters is 1.